The van der Waals surface area contributed by atoms with Crippen molar-refractivity contribution >= 4 is 5.69 Å². The van der Waals surface area contributed by atoms with E-state index in [4.69, 9.17) is 10.5 Å². The molecule has 0 spiro atoms. The van der Waals surface area contributed by atoms with Crippen LogP contribution in [0.15, 0.2) is 18.2 Å². The van der Waals surface area contributed by atoms with Crippen LogP contribution in [0.2, 0.25) is 0 Å². The maximum atomic E-state index is 6.00. The minimum Gasteiger partial charge on any atom is -0.398 e. The molecule has 1 aromatic carbocycles. The van der Waals surface area contributed by atoms with Crippen molar-refractivity contribution in [2.75, 3.05) is 18.9 Å². The lowest BCUT2D eigenvalue weighted by Crippen LogP contribution is -2.19. The quantitative estimate of drug-likeness (QED) is 0.753. The van der Waals surface area contributed by atoms with Crippen LogP contribution < -0.4 is 5.73 Å². The Bertz CT molecular complexity index is 329. The number of aryl methyl sites for hydroxylation is 1. The van der Waals surface area contributed by atoms with E-state index in [1.807, 2.05) is 0 Å². The molecule has 2 nitrogen and oxygen atoms in total. The zero-order valence-electron chi connectivity index (χ0n) is 9.33. The van der Waals surface area contributed by atoms with Crippen LogP contribution in [0.3, 0.4) is 0 Å². The van der Waals surface area contributed by atoms with Crippen molar-refractivity contribution in [3.8, 4) is 0 Å². The number of benzene rings is 1. The van der Waals surface area contributed by atoms with Crippen LogP contribution in [0, 0.1) is 12.8 Å². The summed E-state index contributed by atoms with van der Waals surface area (Å²) in [7, 11) is 0. The van der Waals surface area contributed by atoms with Crippen molar-refractivity contribution in [1.29, 1.82) is 0 Å². The summed E-state index contributed by atoms with van der Waals surface area (Å²) in [5.74, 6) is 0.656. The Labute approximate surface area is 91.4 Å². The second kappa shape index (κ2) is 4.67. The van der Waals surface area contributed by atoms with Crippen molar-refractivity contribution in [3.05, 3.63) is 29.3 Å². The van der Waals surface area contributed by atoms with Gasteiger partial charge in [0.05, 0.1) is 0 Å². The Morgan fingerprint density at radius 2 is 2.33 bits per heavy atom. The highest BCUT2D eigenvalue weighted by molar-refractivity contribution is 5.49. The summed E-state index contributed by atoms with van der Waals surface area (Å²) in [6.45, 7) is 3.90. The third kappa shape index (κ3) is 2.72. The standard InChI is InChI=1S/C13H19NO/c1-10-4-5-12(13(14)7-10)8-11-3-2-6-15-9-11/h4-5,7,11H,2-3,6,8-9,14H2,1H3. The fraction of sp³-hybridized carbons (Fsp3) is 0.538. The van der Waals surface area contributed by atoms with Crippen LogP contribution in [0.4, 0.5) is 5.69 Å². The van der Waals surface area contributed by atoms with E-state index in [-0.39, 0.29) is 0 Å². The summed E-state index contributed by atoms with van der Waals surface area (Å²) in [6.07, 6.45) is 3.52. The lowest BCUT2D eigenvalue weighted by molar-refractivity contribution is 0.0551. The lowest BCUT2D eigenvalue weighted by atomic mass is 9.93. The van der Waals surface area contributed by atoms with Gasteiger partial charge in [0.25, 0.3) is 0 Å². The maximum absolute atomic E-state index is 6.00. The molecule has 0 radical (unpaired) electrons. The van der Waals surface area contributed by atoms with Crippen molar-refractivity contribution < 1.29 is 4.74 Å². The Morgan fingerprint density at radius 1 is 1.47 bits per heavy atom. The smallest absolute Gasteiger partial charge is 0.0497 e. The van der Waals surface area contributed by atoms with E-state index in [1.54, 1.807) is 0 Å². The van der Waals surface area contributed by atoms with Crippen LogP contribution in [-0.2, 0) is 11.2 Å². The molecular weight excluding hydrogens is 186 g/mol. The predicted molar refractivity (Wildman–Crippen MR) is 62.8 cm³/mol. The summed E-state index contributed by atoms with van der Waals surface area (Å²) < 4.78 is 5.48. The fourth-order valence-electron chi connectivity index (χ4n) is 2.18. The molecule has 1 atom stereocenters. The molecule has 82 valence electrons. The van der Waals surface area contributed by atoms with Gasteiger partial charge in [-0.05, 0) is 49.3 Å². The molecule has 0 amide bonds. The highest BCUT2D eigenvalue weighted by atomic mass is 16.5. The third-order valence-electron chi connectivity index (χ3n) is 3.06. The first kappa shape index (κ1) is 10.5. The van der Waals surface area contributed by atoms with Crippen LogP contribution in [0.25, 0.3) is 0 Å². The molecule has 15 heavy (non-hydrogen) atoms. The van der Waals surface area contributed by atoms with E-state index >= 15 is 0 Å². The first-order chi connectivity index (χ1) is 7.25. The van der Waals surface area contributed by atoms with Gasteiger partial charge in [-0.2, -0.15) is 0 Å². The molecule has 2 rings (SSSR count). The number of anilines is 1. The molecule has 0 saturated carbocycles. The number of nitrogens with two attached hydrogens (primary N) is 1. The molecule has 0 aromatic heterocycles. The SMILES string of the molecule is Cc1ccc(CC2CCCOC2)c(N)c1. The first-order valence-corrected chi connectivity index (χ1v) is 5.68. The first-order valence-electron chi connectivity index (χ1n) is 5.68. The number of hydrogen-bond donors (Lipinski definition) is 1. The second-order valence-corrected chi connectivity index (χ2v) is 4.49. The van der Waals surface area contributed by atoms with Crippen molar-refractivity contribution in [2.24, 2.45) is 5.92 Å². The van der Waals surface area contributed by atoms with E-state index in [1.165, 1.54) is 24.0 Å². The average molecular weight is 205 g/mol. The highest BCUT2D eigenvalue weighted by Crippen LogP contribution is 2.22. The normalized spacial score (nSPS) is 21.5. The number of rotatable bonds is 2. The Morgan fingerprint density at radius 3 is 3.00 bits per heavy atom. The lowest BCUT2D eigenvalue weighted by Gasteiger charge is -2.22. The number of hydrogen-bond acceptors (Lipinski definition) is 2. The Kier molecular flexibility index (Phi) is 3.27. The topological polar surface area (TPSA) is 35.2 Å². The molecule has 0 bridgehead atoms. The van der Waals surface area contributed by atoms with Crippen molar-refractivity contribution in [3.63, 3.8) is 0 Å². The summed E-state index contributed by atoms with van der Waals surface area (Å²) in [5, 5.41) is 0. The molecule has 1 aromatic rings. The molecule has 2 N–H and O–H groups in total. The van der Waals surface area contributed by atoms with Crippen molar-refractivity contribution in [1.82, 2.24) is 0 Å². The zero-order valence-corrected chi connectivity index (χ0v) is 9.33. The molecule has 2 heteroatoms. The maximum Gasteiger partial charge on any atom is 0.0497 e. The fourth-order valence-corrected chi connectivity index (χ4v) is 2.18. The van der Waals surface area contributed by atoms with Gasteiger partial charge in [-0.3, -0.25) is 0 Å². The highest BCUT2D eigenvalue weighted by Gasteiger charge is 2.15. The molecule has 1 aliphatic heterocycles. The van der Waals surface area contributed by atoms with Gasteiger partial charge in [-0.25, -0.2) is 0 Å². The van der Waals surface area contributed by atoms with E-state index in [9.17, 15) is 0 Å². The van der Waals surface area contributed by atoms with Gasteiger partial charge >= 0.3 is 0 Å². The average Bonchev–Trinajstić information content (AvgIpc) is 2.24. The summed E-state index contributed by atoms with van der Waals surface area (Å²) in [4.78, 5) is 0. The van der Waals surface area contributed by atoms with Gasteiger partial charge in [0, 0.05) is 18.9 Å². The van der Waals surface area contributed by atoms with Gasteiger partial charge in [-0.15, -0.1) is 0 Å². The van der Waals surface area contributed by atoms with Crippen LogP contribution >= 0.6 is 0 Å². The number of ether oxygens (including phenoxy) is 1. The van der Waals surface area contributed by atoms with Crippen LogP contribution in [-0.4, -0.2) is 13.2 Å². The van der Waals surface area contributed by atoms with Crippen molar-refractivity contribution in [2.45, 2.75) is 26.2 Å². The van der Waals surface area contributed by atoms with Crippen LogP contribution in [0.5, 0.6) is 0 Å². The summed E-state index contributed by atoms with van der Waals surface area (Å²) in [5.41, 5.74) is 9.44. The summed E-state index contributed by atoms with van der Waals surface area (Å²) in [6, 6.07) is 6.34. The van der Waals surface area contributed by atoms with Gasteiger partial charge < -0.3 is 10.5 Å². The van der Waals surface area contributed by atoms with Gasteiger partial charge in [0.15, 0.2) is 0 Å². The zero-order chi connectivity index (χ0) is 10.7. The number of nitrogen functional groups attached to an aromatic ring is 1. The van der Waals surface area contributed by atoms with E-state index in [0.717, 1.165) is 25.3 Å². The minimum absolute atomic E-state index is 0.656. The molecule has 1 aliphatic rings. The van der Waals surface area contributed by atoms with Gasteiger partial charge in [0.1, 0.15) is 0 Å². The molecule has 1 heterocycles. The third-order valence-corrected chi connectivity index (χ3v) is 3.06. The van der Waals surface area contributed by atoms with E-state index < -0.39 is 0 Å². The minimum atomic E-state index is 0.656. The Balaban J connectivity index is 2.03. The van der Waals surface area contributed by atoms with E-state index in [0.29, 0.717) is 5.92 Å². The molecule has 1 fully saturated rings. The van der Waals surface area contributed by atoms with Gasteiger partial charge in [0.2, 0.25) is 0 Å². The molecule has 1 saturated heterocycles. The van der Waals surface area contributed by atoms with Crippen LogP contribution in [0.1, 0.15) is 24.0 Å². The predicted octanol–water partition coefficient (Wildman–Crippen LogP) is 2.55. The largest absolute Gasteiger partial charge is 0.398 e. The monoisotopic (exact) mass is 205 g/mol. The molecule has 1 unspecified atom stereocenters. The molecular formula is C13H19NO. The van der Waals surface area contributed by atoms with E-state index in [2.05, 4.69) is 25.1 Å². The second-order valence-electron chi connectivity index (χ2n) is 4.49. The summed E-state index contributed by atoms with van der Waals surface area (Å²) >= 11 is 0. The molecule has 0 aliphatic carbocycles. The van der Waals surface area contributed by atoms with Gasteiger partial charge in [-0.1, -0.05) is 12.1 Å². The Hall–Kier alpha value is -1.02.